The van der Waals surface area contributed by atoms with Crippen LogP contribution in [-0.4, -0.2) is 15.2 Å². The second-order valence-electron chi connectivity index (χ2n) is 6.42. The van der Waals surface area contributed by atoms with Crippen LogP contribution in [0.2, 0.25) is 0 Å². The molecule has 1 atom stereocenters. The molecule has 8 heteroatoms. The van der Waals surface area contributed by atoms with Crippen LogP contribution in [0.1, 0.15) is 30.2 Å². The highest BCUT2D eigenvalue weighted by Gasteiger charge is 2.16. The highest BCUT2D eigenvalue weighted by molar-refractivity contribution is 7.98. The Hall–Kier alpha value is -2.71. The molecule has 0 aliphatic heterocycles. The van der Waals surface area contributed by atoms with Crippen molar-refractivity contribution in [1.82, 2.24) is 15.2 Å². The zero-order valence-corrected chi connectivity index (χ0v) is 17.5. The lowest BCUT2D eigenvalue weighted by Gasteiger charge is -2.10. The van der Waals surface area contributed by atoms with E-state index in [1.165, 1.54) is 29.5 Å². The number of aryl methyl sites for hydroxylation is 1. The molecule has 148 valence electrons. The molecule has 29 heavy (non-hydrogen) atoms. The first-order valence-electron chi connectivity index (χ1n) is 8.97. The lowest BCUT2D eigenvalue weighted by atomic mass is 10.2. The molecular weight excluding hydrogens is 409 g/mol. The lowest BCUT2D eigenvalue weighted by molar-refractivity contribution is 0.181. The molecule has 2 aromatic heterocycles. The maximum Gasteiger partial charge on any atom is 0.277 e. The van der Waals surface area contributed by atoms with Crippen LogP contribution in [0.25, 0.3) is 10.6 Å². The topological polar surface area (TPSA) is 61.0 Å². The number of nitrogens with zero attached hydrogens (tertiary/aromatic N) is 3. The Kier molecular flexibility index (Phi) is 5.92. The van der Waals surface area contributed by atoms with Crippen molar-refractivity contribution >= 4 is 23.1 Å². The van der Waals surface area contributed by atoms with Crippen molar-refractivity contribution in [1.29, 1.82) is 0 Å². The first kappa shape index (κ1) is 19.6. The molecule has 0 N–H and O–H groups in total. The van der Waals surface area contributed by atoms with Crippen LogP contribution in [0.4, 0.5) is 4.39 Å². The largest absolute Gasteiger partial charge is 0.481 e. The van der Waals surface area contributed by atoms with Crippen molar-refractivity contribution in [2.75, 3.05) is 0 Å². The van der Waals surface area contributed by atoms with Crippen LogP contribution in [0.3, 0.4) is 0 Å². The Morgan fingerprint density at radius 1 is 1.10 bits per heavy atom. The molecule has 0 fully saturated rings. The second-order valence-corrected chi connectivity index (χ2v) is 8.20. The molecule has 0 radical (unpaired) electrons. The molecule has 4 aromatic rings. The number of ether oxygens (including phenoxy) is 1. The van der Waals surface area contributed by atoms with E-state index in [1.54, 1.807) is 30.4 Å². The Morgan fingerprint density at radius 2 is 1.86 bits per heavy atom. The van der Waals surface area contributed by atoms with E-state index in [1.807, 2.05) is 5.38 Å². The maximum atomic E-state index is 13.0. The van der Waals surface area contributed by atoms with Gasteiger partial charge in [-0.2, -0.15) is 0 Å². The Morgan fingerprint density at radius 3 is 2.62 bits per heavy atom. The Labute approximate surface area is 176 Å². The summed E-state index contributed by atoms with van der Waals surface area (Å²) in [5.74, 6) is 1.24. The maximum absolute atomic E-state index is 13.0. The minimum Gasteiger partial charge on any atom is -0.481 e. The van der Waals surface area contributed by atoms with Gasteiger partial charge in [-0.25, -0.2) is 9.37 Å². The highest BCUT2D eigenvalue weighted by atomic mass is 32.2. The Balaban J connectivity index is 1.34. The van der Waals surface area contributed by atoms with Gasteiger partial charge in [-0.05, 0) is 38.1 Å². The van der Waals surface area contributed by atoms with E-state index in [4.69, 9.17) is 9.15 Å². The van der Waals surface area contributed by atoms with E-state index in [0.717, 1.165) is 16.3 Å². The standard InChI is InChI=1S/C21H18FN3O2S2/c1-13-3-5-15(6-4-13)20-23-17(11-28-20)12-29-21-25-24-19(27-21)14(2)26-18-9-7-16(22)8-10-18/h3-11,14H,12H2,1-2H3/t14-/m1/s1. The summed E-state index contributed by atoms with van der Waals surface area (Å²) in [6.07, 6.45) is -0.435. The number of halogens is 1. The minimum absolute atomic E-state index is 0.311. The van der Waals surface area contributed by atoms with Crippen LogP contribution in [0, 0.1) is 12.7 Å². The zero-order valence-electron chi connectivity index (χ0n) is 15.8. The molecule has 0 aliphatic carbocycles. The van der Waals surface area contributed by atoms with Gasteiger partial charge in [0.1, 0.15) is 16.6 Å². The zero-order chi connectivity index (χ0) is 20.2. The SMILES string of the molecule is Cc1ccc(-c2nc(CSc3nnc([C@@H](C)Oc4ccc(F)cc4)o3)cs2)cc1. The molecule has 2 heterocycles. The monoisotopic (exact) mass is 427 g/mol. The van der Waals surface area contributed by atoms with Crippen molar-refractivity contribution in [3.8, 4) is 16.3 Å². The normalized spacial score (nSPS) is 12.1. The van der Waals surface area contributed by atoms with Crippen LogP contribution in [0.15, 0.2) is 63.6 Å². The predicted molar refractivity (Wildman–Crippen MR) is 112 cm³/mol. The van der Waals surface area contributed by atoms with Crippen molar-refractivity contribution in [2.24, 2.45) is 0 Å². The summed E-state index contributed by atoms with van der Waals surface area (Å²) >= 11 is 3.05. The average molecular weight is 428 g/mol. The van der Waals surface area contributed by atoms with Crippen molar-refractivity contribution in [3.63, 3.8) is 0 Å². The summed E-state index contributed by atoms with van der Waals surface area (Å²) in [7, 11) is 0. The van der Waals surface area contributed by atoms with Crippen molar-refractivity contribution in [3.05, 3.63) is 76.9 Å². The molecule has 2 aromatic carbocycles. The third kappa shape index (κ3) is 5.02. The quantitative estimate of drug-likeness (QED) is 0.334. The summed E-state index contributed by atoms with van der Waals surface area (Å²) in [6, 6.07) is 14.1. The molecule has 5 nitrogen and oxygen atoms in total. The van der Waals surface area contributed by atoms with Crippen LogP contribution < -0.4 is 4.74 Å². The van der Waals surface area contributed by atoms with E-state index in [9.17, 15) is 4.39 Å². The van der Waals surface area contributed by atoms with E-state index in [2.05, 4.69) is 46.4 Å². The first-order valence-corrected chi connectivity index (χ1v) is 10.8. The number of hydrogen-bond donors (Lipinski definition) is 0. The third-order valence-corrected chi connectivity index (χ3v) is 5.88. The van der Waals surface area contributed by atoms with Gasteiger partial charge in [-0.3, -0.25) is 0 Å². The van der Waals surface area contributed by atoms with Gasteiger partial charge in [0.15, 0.2) is 6.10 Å². The Bertz CT molecular complexity index is 1080. The molecule has 0 aliphatic rings. The number of rotatable bonds is 7. The first-order chi connectivity index (χ1) is 14.1. The van der Waals surface area contributed by atoms with E-state index in [0.29, 0.717) is 22.6 Å². The summed E-state index contributed by atoms with van der Waals surface area (Å²) < 4.78 is 24.4. The molecule has 0 bridgehead atoms. The third-order valence-electron chi connectivity index (χ3n) is 4.09. The number of hydrogen-bond acceptors (Lipinski definition) is 7. The van der Waals surface area contributed by atoms with Crippen molar-refractivity contribution in [2.45, 2.75) is 30.9 Å². The molecule has 0 unspecified atom stereocenters. The van der Waals surface area contributed by atoms with Crippen LogP contribution >= 0.6 is 23.1 Å². The summed E-state index contributed by atoms with van der Waals surface area (Å²) in [4.78, 5) is 4.68. The van der Waals surface area contributed by atoms with Gasteiger partial charge in [0.2, 0.25) is 0 Å². The minimum atomic E-state index is -0.435. The number of thiazole rings is 1. The lowest BCUT2D eigenvalue weighted by Crippen LogP contribution is -2.03. The van der Waals surface area contributed by atoms with E-state index < -0.39 is 6.10 Å². The number of benzene rings is 2. The summed E-state index contributed by atoms with van der Waals surface area (Å²) in [6.45, 7) is 3.87. The van der Waals surface area contributed by atoms with Gasteiger partial charge >= 0.3 is 0 Å². The predicted octanol–water partition coefficient (Wildman–Crippen LogP) is 6.07. The number of aromatic nitrogens is 3. The molecule has 0 saturated heterocycles. The van der Waals surface area contributed by atoms with Gasteiger partial charge in [0, 0.05) is 16.7 Å². The smallest absolute Gasteiger partial charge is 0.277 e. The fraction of sp³-hybridized carbons (Fsp3) is 0.190. The molecule has 0 saturated carbocycles. The van der Waals surface area contributed by atoms with Gasteiger partial charge in [0.25, 0.3) is 11.1 Å². The average Bonchev–Trinajstić information content (AvgIpc) is 3.38. The van der Waals surface area contributed by atoms with Gasteiger partial charge in [0.05, 0.1) is 5.69 Å². The molecule has 0 amide bonds. The fourth-order valence-corrected chi connectivity index (χ4v) is 4.14. The number of thioether (sulfide) groups is 1. The van der Waals surface area contributed by atoms with Crippen LogP contribution in [-0.2, 0) is 5.75 Å². The molecule has 4 rings (SSSR count). The summed E-state index contributed by atoms with van der Waals surface area (Å²) in [5, 5.41) is 11.6. The van der Waals surface area contributed by atoms with Crippen molar-refractivity contribution < 1.29 is 13.5 Å². The molecular formula is C21H18FN3O2S2. The van der Waals surface area contributed by atoms with Crippen LogP contribution in [0.5, 0.6) is 5.75 Å². The van der Waals surface area contributed by atoms with Gasteiger partial charge < -0.3 is 9.15 Å². The second kappa shape index (κ2) is 8.75. The van der Waals surface area contributed by atoms with E-state index in [-0.39, 0.29) is 5.82 Å². The highest BCUT2D eigenvalue weighted by Crippen LogP contribution is 2.29. The van der Waals surface area contributed by atoms with Gasteiger partial charge in [-0.15, -0.1) is 21.5 Å². The van der Waals surface area contributed by atoms with E-state index >= 15 is 0 Å². The summed E-state index contributed by atoms with van der Waals surface area (Å²) in [5.41, 5.74) is 3.31. The van der Waals surface area contributed by atoms with Gasteiger partial charge in [-0.1, -0.05) is 41.6 Å². The molecule has 0 spiro atoms. The fourth-order valence-electron chi connectivity index (χ4n) is 2.55.